The summed E-state index contributed by atoms with van der Waals surface area (Å²) in [6, 6.07) is 4.75. The van der Waals surface area contributed by atoms with E-state index >= 15 is 0 Å². The summed E-state index contributed by atoms with van der Waals surface area (Å²) in [6.07, 6.45) is -2.73. The van der Waals surface area contributed by atoms with Crippen LogP contribution in [0.3, 0.4) is 0 Å². The molecule has 0 atom stereocenters. The molecule has 0 spiro atoms. The van der Waals surface area contributed by atoms with Crippen molar-refractivity contribution in [2.24, 2.45) is 0 Å². The van der Waals surface area contributed by atoms with Crippen molar-refractivity contribution in [1.82, 2.24) is 4.98 Å². The van der Waals surface area contributed by atoms with Gasteiger partial charge in [-0.15, -0.1) is 0 Å². The Kier molecular flexibility index (Phi) is 3.92. The molecule has 0 radical (unpaired) electrons. The molecule has 76 valence electrons. The van der Waals surface area contributed by atoms with Crippen LogP contribution in [0.1, 0.15) is 23.2 Å². The first-order chi connectivity index (χ1) is 7.10. The van der Waals surface area contributed by atoms with Gasteiger partial charge in [-0.25, -0.2) is 13.8 Å². The molecule has 0 saturated carbocycles. The third kappa shape index (κ3) is 2.60. The summed E-state index contributed by atoms with van der Waals surface area (Å²) in [5.74, 6) is 0. The van der Waals surface area contributed by atoms with Crippen molar-refractivity contribution in [3.63, 3.8) is 0 Å². The molecule has 1 heterocycles. The molecule has 15 heavy (non-hydrogen) atoms. The monoisotopic (exact) mass is 319 g/mol. The molecule has 0 unspecified atom stereocenters. The van der Waals surface area contributed by atoms with Gasteiger partial charge in [-0.1, -0.05) is 0 Å². The lowest BCUT2D eigenvalue weighted by molar-refractivity contribution is 0.149. The number of pyridine rings is 1. The molecule has 0 saturated heterocycles. The number of alkyl halides is 2. The molecule has 0 aromatic carbocycles. The van der Waals surface area contributed by atoms with E-state index < -0.39 is 6.43 Å². The maximum atomic E-state index is 12.5. The third-order valence-corrected chi connectivity index (χ3v) is 2.56. The van der Waals surface area contributed by atoms with E-state index in [1.165, 1.54) is 6.07 Å². The number of aromatic nitrogens is 1. The SMILES string of the molecule is N#CCc1cc(C(F)F)c(I)nc1C#N. The highest BCUT2D eigenvalue weighted by Crippen LogP contribution is 2.25. The maximum Gasteiger partial charge on any atom is 0.266 e. The Hall–Kier alpha value is -1.28. The smallest absolute Gasteiger partial charge is 0.230 e. The molecule has 1 rings (SSSR count). The zero-order chi connectivity index (χ0) is 11.4. The lowest BCUT2D eigenvalue weighted by Crippen LogP contribution is -2.01. The second kappa shape index (κ2) is 4.99. The predicted molar refractivity (Wildman–Crippen MR) is 55.9 cm³/mol. The average Bonchev–Trinajstić information content (AvgIpc) is 2.20. The van der Waals surface area contributed by atoms with E-state index in [4.69, 9.17) is 10.5 Å². The first kappa shape index (κ1) is 11.8. The molecule has 6 heteroatoms. The van der Waals surface area contributed by atoms with Crippen molar-refractivity contribution < 1.29 is 8.78 Å². The molecule has 0 fully saturated rings. The molecule has 0 aliphatic carbocycles. The lowest BCUT2D eigenvalue weighted by atomic mass is 10.1. The molecule has 0 N–H and O–H groups in total. The van der Waals surface area contributed by atoms with Crippen LogP contribution in [0.4, 0.5) is 8.78 Å². The van der Waals surface area contributed by atoms with Crippen molar-refractivity contribution in [3.8, 4) is 12.1 Å². The Morgan fingerprint density at radius 2 is 2.13 bits per heavy atom. The van der Waals surface area contributed by atoms with Gasteiger partial charge >= 0.3 is 0 Å². The van der Waals surface area contributed by atoms with Crippen molar-refractivity contribution in [3.05, 3.63) is 26.6 Å². The van der Waals surface area contributed by atoms with Crippen LogP contribution in [0.15, 0.2) is 6.07 Å². The topological polar surface area (TPSA) is 60.5 Å². The van der Waals surface area contributed by atoms with Crippen molar-refractivity contribution in [2.45, 2.75) is 12.8 Å². The third-order valence-electron chi connectivity index (χ3n) is 1.69. The quantitative estimate of drug-likeness (QED) is 0.622. The maximum absolute atomic E-state index is 12.5. The Labute approximate surface area is 98.5 Å². The van der Waals surface area contributed by atoms with E-state index in [1.807, 2.05) is 0 Å². The van der Waals surface area contributed by atoms with Gasteiger partial charge in [-0.2, -0.15) is 10.5 Å². The van der Waals surface area contributed by atoms with Gasteiger partial charge in [0.2, 0.25) is 0 Å². The average molecular weight is 319 g/mol. The van der Waals surface area contributed by atoms with Gasteiger partial charge in [0.25, 0.3) is 6.43 Å². The highest BCUT2D eigenvalue weighted by molar-refractivity contribution is 14.1. The summed E-state index contributed by atoms with van der Waals surface area (Å²) in [7, 11) is 0. The largest absolute Gasteiger partial charge is 0.266 e. The fraction of sp³-hybridized carbons (Fsp3) is 0.222. The molecule has 1 aromatic rings. The fourth-order valence-electron chi connectivity index (χ4n) is 1.02. The van der Waals surface area contributed by atoms with Crippen LogP contribution in [-0.2, 0) is 6.42 Å². The van der Waals surface area contributed by atoms with Gasteiger partial charge < -0.3 is 0 Å². The molecule has 0 aliphatic rings. The number of hydrogen-bond donors (Lipinski definition) is 0. The van der Waals surface area contributed by atoms with E-state index in [0.29, 0.717) is 0 Å². The van der Waals surface area contributed by atoms with Crippen LogP contribution < -0.4 is 0 Å². The highest BCUT2D eigenvalue weighted by Gasteiger charge is 2.16. The summed E-state index contributed by atoms with van der Waals surface area (Å²) in [5.41, 5.74) is 0.0425. The highest BCUT2D eigenvalue weighted by atomic mass is 127. The number of rotatable bonds is 2. The summed E-state index contributed by atoms with van der Waals surface area (Å²) in [5, 5.41) is 17.1. The van der Waals surface area contributed by atoms with E-state index in [0.717, 1.165) is 0 Å². The van der Waals surface area contributed by atoms with E-state index in [2.05, 4.69) is 4.98 Å². The van der Waals surface area contributed by atoms with Gasteiger partial charge in [-0.3, -0.25) is 0 Å². The summed E-state index contributed by atoms with van der Waals surface area (Å²) < 4.78 is 25.0. The molecule has 0 aliphatic heterocycles. The minimum Gasteiger partial charge on any atom is -0.230 e. The standard InChI is InChI=1S/C9H4F2IN3/c10-8(11)6-3-5(1-2-13)7(4-14)15-9(6)12/h3,8H,1H2. The van der Waals surface area contributed by atoms with Crippen LogP contribution in [0.2, 0.25) is 0 Å². The van der Waals surface area contributed by atoms with E-state index in [9.17, 15) is 8.78 Å². The zero-order valence-electron chi connectivity index (χ0n) is 7.34. The normalized spacial score (nSPS) is 9.73. The van der Waals surface area contributed by atoms with E-state index in [-0.39, 0.29) is 26.9 Å². The molecule has 1 aromatic heterocycles. The Morgan fingerprint density at radius 3 is 2.60 bits per heavy atom. The number of nitrogens with zero attached hydrogens (tertiary/aromatic N) is 3. The predicted octanol–water partition coefficient (Wildman–Crippen LogP) is 2.56. The summed E-state index contributed by atoms with van der Waals surface area (Å²) in [6.45, 7) is 0. The van der Waals surface area contributed by atoms with Crippen LogP contribution in [0, 0.1) is 26.4 Å². The Balaban J connectivity index is 3.33. The Morgan fingerprint density at radius 1 is 1.47 bits per heavy atom. The fourth-order valence-corrected chi connectivity index (χ4v) is 1.65. The number of hydrogen-bond acceptors (Lipinski definition) is 3. The van der Waals surface area contributed by atoms with Crippen molar-refractivity contribution in [2.75, 3.05) is 0 Å². The molecule has 0 amide bonds. The van der Waals surface area contributed by atoms with Crippen molar-refractivity contribution in [1.29, 1.82) is 10.5 Å². The summed E-state index contributed by atoms with van der Waals surface area (Å²) >= 11 is 1.64. The molecular weight excluding hydrogens is 315 g/mol. The Bertz CT molecular complexity index is 460. The van der Waals surface area contributed by atoms with Crippen LogP contribution in [0.5, 0.6) is 0 Å². The van der Waals surface area contributed by atoms with E-state index in [1.54, 1.807) is 34.7 Å². The van der Waals surface area contributed by atoms with Gasteiger partial charge in [0.15, 0.2) is 0 Å². The lowest BCUT2D eigenvalue weighted by Gasteiger charge is -2.05. The van der Waals surface area contributed by atoms with Crippen LogP contribution >= 0.6 is 22.6 Å². The van der Waals surface area contributed by atoms with Gasteiger partial charge in [0.05, 0.1) is 18.1 Å². The van der Waals surface area contributed by atoms with Gasteiger partial charge in [-0.05, 0) is 28.7 Å². The van der Waals surface area contributed by atoms with Crippen molar-refractivity contribution >= 4 is 22.6 Å². The van der Waals surface area contributed by atoms with Crippen LogP contribution in [0.25, 0.3) is 0 Å². The molecular formula is C9H4F2IN3. The second-order valence-corrected chi connectivity index (χ2v) is 3.65. The van der Waals surface area contributed by atoms with Gasteiger partial charge in [0, 0.05) is 5.56 Å². The summed E-state index contributed by atoms with van der Waals surface area (Å²) in [4.78, 5) is 3.73. The zero-order valence-corrected chi connectivity index (χ0v) is 9.49. The first-order valence-electron chi connectivity index (χ1n) is 3.84. The van der Waals surface area contributed by atoms with Crippen LogP contribution in [-0.4, -0.2) is 4.98 Å². The molecule has 0 bridgehead atoms. The first-order valence-corrected chi connectivity index (χ1v) is 4.92. The minimum atomic E-state index is -2.64. The second-order valence-electron chi connectivity index (χ2n) is 2.62. The minimum absolute atomic E-state index is 0.0327. The van der Waals surface area contributed by atoms with Gasteiger partial charge in [0.1, 0.15) is 15.5 Å². The molecule has 3 nitrogen and oxygen atoms in total. The number of halogens is 3. The number of nitriles is 2.